The van der Waals surface area contributed by atoms with E-state index in [1.165, 1.54) is 0 Å². The normalized spacial score (nSPS) is 12.4. The van der Waals surface area contributed by atoms with E-state index in [2.05, 4.69) is 21.2 Å². The molecule has 0 saturated carbocycles. The van der Waals surface area contributed by atoms with E-state index in [0.29, 0.717) is 10.8 Å². The fourth-order valence-electron chi connectivity index (χ4n) is 1.58. The summed E-state index contributed by atoms with van der Waals surface area (Å²) < 4.78 is 12.0. The van der Waals surface area contributed by atoms with E-state index in [1.807, 2.05) is 32.0 Å². The zero-order valence-corrected chi connectivity index (χ0v) is 13.8. The van der Waals surface area contributed by atoms with Crippen LogP contribution in [-0.4, -0.2) is 32.4 Å². The van der Waals surface area contributed by atoms with Crippen molar-refractivity contribution in [1.82, 2.24) is 5.32 Å². The summed E-state index contributed by atoms with van der Waals surface area (Å²) in [6, 6.07) is 5.63. The summed E-state index contributed by atoms with van der Waals surface area (Å²) in [5.74, 6) is 0.716. The number of hydrogen-bond acceptors (Lipinski definition) is 3. The molecule has 1 rings (SSSR count). The predicted octanol–water partition coefficient (Wildman–Crippen LogP) is 3.89. The van der Waals surface area contributed by atoms with Crippen LogP contribution >= 0.6 is 27.5 Å². The number of rotatable bonds is 9. The monoisotopic (exact) mass is 349 g/mol. The van der Waals surface area contributed by atoms with Gasteiger partial charge in [0.15, 0.2) is 0 Å². The van der Waals surface area contributed by atoms with Crippen LogP contribution in [0, 0.1) is 0 Å². The van der Waals surface area contributed by atoms with Crippen molar-refractivity contribution < 1.29 is 9.47 Å². The predicted molar refractivity (Wildman–Crippen MR) is 83.2 cm³/mol. The highest BCUT2D eigenvalue weighted by molar-refractivity contribution is 9.10. The Bertz CT molecular complexity index is 376. The molecule has 0 amide bonds. The molecular formula is C14H21BrClNO2. The molecule has 19 heavy (non-hydrogen) atoms. The van der Waals surface area contributed by atoms with Crippen LogP contribution in [0.1, 0.15) is 20.3 Å². The van der Waals surface area contributed by atoms with Crippen LogP contribution < -0.4 is 10.1 Å². The van der Waals surface area contributed by atoms with Gasteiger partial charge in [0.1, 0.15) is 11.9 Å². The molecule has 0 aromatic heterocycles. The average molecular weight is 351 g/mol. The number of hydrogen-bond donors (Lipinski definition) is 1. The number of benzene rings is 1. The topological polar surface area (TPSA) is 30.5 Å². The molecule has 108 valence electrons. The molecule has 0 aliphatic heterocycles. The number of ether oxygens (including phenoxy) is 2. The first-order chi connectivity index (χ1) is 9.13. The number of nitrogens with one attached hydrogen (secondary N) is 1. The standard InChI is InChI=1S/C14H21BrClNO2/c1-3-18-8-4-7-17-10-11(2)19-14-6-5-12(15)9-13(14)16/h5-6,9,11,17H,3-4,7-8,10H2,1-2H3. The first-order valence-electron chi connectivity index (χ1n) is 6.53. The van der Waals surface area contributed by atoms with Crippen molar-refractivity contribution in [2.45, 2.75) is 26.4 Å². The molecule has 1 N–H and O–H groups in total. The second kappa shape index (κ2) is 9.59. The molecule has 3 nitrogen and oxygen atoms in total. The fraction of sp³-hybridized carbons (Fsp3) is 0.571. The van der Waals surface area contributed by atoms with Crippen molar-refractivity contribution in [1.29, 1.82) is 0 Å². The first kappa shape index (κ1) is 16.8. The van der Waals surface area contributed by atoms with Crippen molar-refractivity contribution in [2.24, 2.45) is 0 Å². The van der Waals surface area contributed by atoms with Crippen molar-refractivity contribution in [3.8, 4) is 5.75 Å². The summed E-state index contributed by atoms with van der Waals surface area (Å²) in [4.78, 5) is 0. The van der Waals surface area contributed by atoms with Gasteiger partial charge in [0, 0.05) is 24.2 Å². The zero-order chi connectivity index (χ0) is 14.1. The summed E-state index contributed by atoms with van der Waals surface area (Å²) in [7, 11) is 0. The van der Waals surface area contributed by atoms with Gasteiger partial charge >= 0.3 is 0 Å². The van der Waals surface area contributed by atoms with Gasteiger partial charge in [0.05, 0.1) is 5.02 Å². The van der Waals surface area contributed by atoms with Crippen LogP contribution in [0.5, 0.6) is 5.75 Å². The fourth-order valence-corrected chi connectivity index (χ4v) is 2.30. The molecule has 5 heteroatoms. The van der Waals surface area contributed by atoms with Gasteiger partial charge in [-0.25, -0.2) is 0 Å². The van der Waals surface area contributed by atoms with Gasteiger partial charge in [0.2, 0.25) is 0 Å². The first-order valence-corrected chi connectivity index (χ1v) is 7.70. The van der Waals surface area contributed by atoms with Crippen LogP contribution in [0.25, 0.3) is 0 Å². The third-order valence-electron chi connectivity index (χ3n) is 2.50. The van der Waals surface area contributed by atoms with E-state index in [-0.39, 0.29) is 6.10 Å². The average Bonchev–Trinajstić information content (AvgIpc) is 2.37. The Hall–Kier alpha value is -0.290. The highest BCUT2D eigenvalue weighted by atomic mass is 79.9. The smallest absolute Gasteiger partial charge is 0.138 e. The third-order valence-corrected chi connectivity index (χ3v) is 3.29. The van der Waals surface area contributed by atoms with E-state index in [4.69, 9.17) is 21.1 Å². The zero-order valence-electron chi connectivity index (χ0n) is 11.4. The largest absolute Gasteiger partial charge is 0.488 e. The number of halogens is 2. The Morgan fingerprint density at radius 3 is 2.89 bits per heavy atom. The summed E-state index contributed by atoms with van der Waals surface area (Å²) in [5.41, 5.74) is 0. The molecule has 0 spiro atoms. The lowest BCUT2D eigenvalue weighted by Crippen LogP contribution is -2.30. The summed E-state index contributed by atoms with van der Waals surface area (Å²) in [6.07, 6.45) is 1.09. The molecule has 0 fully saturated rings. The van der Waals surface area contributed by atoms with Crippen LogP contribution in [-0.2, 0) is 4.74 Å². The van der Waals surface area contributed by atoms with Gasteiger partial charge in [-0.05, 0) is 45.0 Å². The molecule has 1 aromatic carbocycles. The highest BCUT2D eigenvalue weighted by Gasteiger charge is 2.07. The summed E-state index contributed by atoms with van der Waals surface area (Å²) in [5, 5.41) is 3.96. The van der Waals surface area contributed by atoms with Gasteiger partial charge in [-0.15, -0.1) is 0 Å². The molecule has 1 unspecified atom stereocenters. The summed E-state index contributed by atoms with van der Waals surface area (Å²) >= 11 is 9.47. The maximum atomic E-state index is 6.10. The van der Waals surface area contributed by atoms with Crippen molar-refractivity contribution in [3.05, 3.63) is 27.7 Å². The van der Waals surface area contributed by atoms with Gasteiger partial charge in [-0.3, -0.25) is 0 Å². The lowest BCUT2D eigenvalue weighted by atomic mass is 10.3. The molecule has 0 bridgehead atoms. The Labute approximate surface area is 128 Å². The minimum atomic E-state index is 0.0748. The van der Waals surface area contributed by atoms with Crippen LogP contribution in [0.4, 0.5) is 0 Å². The van der Waals surface area contributed by atoms with E-state index in [0.717, 1.165) is 37.2 Å². The van der Waals surface area contributed by atoms with Gasteiger partial charge in [-0.2, -0.15) is 0 Å². The van der Waals surface area contributed by atoms with Gasteiger partial charge in [-0.1, -0.05) is 27.5 Å². The third kappa shape index (κ3) is 7.16. The molecule has 1 aromatic rings. The molecular weight excluding hydrogens is 330 g/mol. The van der Waals surface area contributed by atoms with E-state index >= 15 is 0 Å². The van der Waals surface area contributed by atoms with Crippen molar-refractivity contribution in [3.63, 3.8) is 0 Å². The lowest BCUT2D eigenvalue weighted by molar-refractivity contribution is 0.143. The van der Waals surface area contributed by atoms with E-state index in [1.54, 1.807) is 0 Å². The maximum absolute atomic E-state index is 6.10. The minimum Gasteiger partial charge on any atom is -0.488 e. The van der Waals surface area contributed by atoms with Crippen LogP contribution in [0.3, 0.4) is 0 Å². The maximum Gasteiger partial charge on any atom is 0.138 e. The molecule has 1 atom stereocenters. The minimum absolute atomic E-state index is 0.0748. The van der Waals surface area contributed by atoms with Crippen molar-refractivity contribution >= 4 is 27.5 Å². The van der Waals surface area contributed by atoms with E-state index in [9.17, 15) is 0 Å². The SMILES string of the molecule is CCOCCCNCC(C)Oc1ccc(Br)cc1Cl. The Balaban J connectivity index is 2.21. The van der Waals surface area contributed by atoms with Gasteiger partial charge < -0.3 is 14.8 Å². The molecule has 0 aliphatic carbocycles. The van der Waals surface area contributed by atoms with E-state index < -0.39 is 0 Å². The quantitative estimate of drug-likeness (QED) is 0.685. The van der Waals surface area contributed by atoms with Crippen LogP contribution in [0.15, 0.2) is 22.7 Å². The second-order valence-electron chi connectivity index (χ2n) is 4.26. The van der Waals surface area contributed by atoms with Gasteiger partial charge in [0.25, 0.3) is 0 Å². The highest BCUT2D eigenvalue weighted by Crippen LogP contribution is 2.28. The Morgan fingerprint density at radius 2 is 2.21 bits per heavy atom. The van der Waals surface area contributed by atoms with Crippen molar-refractivity contribution in [2.75, 3.05) is 26.3 Å². The van der Waals surface area contributed by atoms with Crippen LogP contribution in [0.2, 0.25) is 5.02 Å². The lowest BCUT2D eigenvalue weighted by Gasteiger charge is -2.16. The second-order valence-corrected chi connectivity index (χ2v) is 5.58. The summed E-state index contributed by atoms with van der Waals surface area (Å²) in [6.45, 7) is 7.33. The molecule has 0 radical (unpaired) electrons. The molecule has 0 aliphatic rings. The Kier molecular flexibility index (Phi) is 8.46. The molecule has 0 saturated heterocycles. The Morgan fingerprint density at radius 1 is 1.42 bits per heavy atom. The molecule has 0 heterocycles.